The van der Waals surface area contributed by atoms with Gasteiger partial charge in [0.2, 0.25) is 0 Å². The van der Waals surface area contributed by atoms with Crippen molar-refractivity contribution in [2.24, 2.45) is 0 Å². The lowest BCUT2D eigenvalue weighted by atomic mass is 10.1. The van der Waals surface area contributed by atoms with Gasteiger partial charge in [-0.25, -0.2) is 4.98 Å². The van der Waals surface area contributed by atoms with Crippen LogP contribution >= 0.6 is 11.3 Å². The van der Waals surface area contributed by atoms with Gasteiger partial charge in [0.15, 0.2) is 5.13 Å². The fourth-order valence-corrected chi connectivity index (χ4v) is 3.84. The first-order valence-corrected chi connectivity index (χ1v) is 9.06. The normalized spacial score (nSPS) is 11.4. The number of rotatable bonds is 5. The Morgan fingerprint density at radius 2 is 2.08 bits per heavy atom. The highest BCUT2D eigenvalue weighted by molar-refractivity contribution is 7.13. The Labute approximate surface area is 144 Å². The van der Waals surface area contributed by atoms with Crippen LogP contribution in [0.15, 0.2) is 41.8 Å². The molecule has 122 valence electrons. The van der Waals surface area contributed by atoms with Gasteiger partial charge in [-0.15, -0.1) is 11.3 Å². The Bertz CT molecular complexity index is 999. The molecule has 0 aliphatic heterocycles. The quantitative estimate of drug-likeness (QED) is 0.490. The van der Waals surface area contributed by atoms with Crippen molar-refractivity contribution < 1.29 is 0 Å². The molecule has 0 aliphatic rings. The number of nitrogens with one attached hydrogen (secondary N) is 3. The lowest BCUT2D eigenvalue weighted by Gasteiger charge is -2.02. The van der Waals surface area contributed by atoms with Gasteiger partial charge in [0.25, 0.3) is 0 Å². The molecule has 4 nitrogen and oxygen atoms in total. The maximum Gasteiger partial charge on any atom is 0.187 e. The molecule has 3 N–H and O–H groups in total. The topological polar surface area (TPSA) is 52.7 Å². The number of benzene rings is 2. The number of para-hydroxylation sites is 1. The van der Waals surface area contributed by atoms with Crippen LogP contribution in [-0.4, -0.2) is 17.0 Å². The van der Waals surface area contributed by atoms with Gasteiger partial charge in [-0.05, 0) is 31.2 Å². The second kappa shape index (κ2) is 6.26. The van der Waals surface area contributed by atoms with Gasteiger partial charge < -0.3 is 15.6 Å². The van der Waals surface area contributed by atoms with Gasteiger partial charge in [0, 0.05) is 39.4 Å². The summed E-state index contributed by atoms with van der Waals surface area (Å²) in [5, 5.41) is 12.1. The summed E-state index contributed by atoms with van der Waals surface area (Å²) in [5.74, 6) is 0. The van der Waals surface area contributed by atoms with E-state index in [4.69, 9.17) is 0 Å². The van der Waals surface area contributed by atoms with Crippen LogP contribution in [0.25, 0.3) is 21.8 Å². The summed E-state index contributed by atoms with van der Waals surface area (Å²) in [7, 11) is 1.93. The molecule has 24 heavy (non-hydrogen) atoms. The second-order valence-corrected chi connectivity index (χ2v) is 6.74. The van der Waals surface area contributed by atoms with Crippen LogP contribution in [0.5, 0.6) is 0 Å². The van der Waals surface area contributed by atoms with Crippen molar-refractivity contribution in [3.05, 3.63) is 53.0 Å². The molecule has 0 spiro atoms. The molecule has 4 rings (SSSR count). The molecule has 0 fully saturated rings. The SMILES string of the molecule is CCc1cccc2c1[nH]c1cc(Nc3nc(CNC)cs3)ccc12. The third kappa shape index (κ3) is 2.66. The Balaban J connectivity index is 1.71. The lowest BCUT2D eigenvalue weighted by Crippen LogP contribution is -2.05. The van der Waals surface area contributed by atoms with Crippen molar-refractivity contribution in [1.29, 1.82) is 0 Å². The summed E-state index contributed by atoms with van der Waals surface area (Å²) in [6.45, 7) is 2.98. The van der Waals surface area contributed by atoms with Crippen LogP contribution in [0.4, 0.5) is 10.8 Å². The number of aryl methyl sites for hydroxylation is 1. The minimum Gasteiger partial charge on any atom is -0.354 e. The van der Waals surface area contributed by atoms with Crippen LogP contribution in [0.2, 0.25) is 0 Å². The molecule has 0 atom stereocenters. The predicted octanol–water partition coefficient (Wildman–Crippen LogP) is 4.80. The van der Waals surface area contributed by atoms with E-state index in [-0.39, 0.29) is 0 Å². The summed E-state index contributed by atoms with van der Waals surface area (Å²) >= 11 is 1.63. The molecule has 2 aromatic heterocycles. The van der Waals surface area contributed by atoms with Gasteiger partial charge in [-0.1, -0.05) is 31.2 Å². The fraction of sp³-hybridized carbons (Fsp3) is 0.211. The third-order valence-electron chi connectivity index (χ3n) is 4.26. The minimum absolute atomic E-state index is 0.791. The molecule has 0 bridgehead atoms. The molecule has 0 saturated carbocycles. The Morgan fingerprint density at radius 1 is 1.17 bits per heavy atom. The molecular weight excluding hydrogens is 316 g/mol. The van der Waals surface area contributed by atoms with Crippen LogP contribution < -0.4 is 10.6 Å². The van der Waals surface area contributed by atoms with Gasteiger partial charge in [-0.2, -0.15) is 0 Å². The van der Waals surface area contributed by atoms with E-state index >= 15 is 0 Å². The van der Waals surface area contributed by atoms with E-state index in [1.165, 1.54) is 21.9 Å². The third-order valence-corrected chi connectivity index (χ3v) is 5.07. The van der Waals surface area contributed by atoms with Gasteiger partial charge in [0.1, 0.15) is 0 Å². The first-order chi connectivity index (χ1) is 11.8. The zero-order valence-electron chi connectivity index (χ0n) is 13.8. The largest absolute Gasteiger partial charge is 0.354 e. The van der Waals surface area contributed by atoms with E-state index in [0.29, 0.717) is 0 Å². The molecule has 2 aromatic carbocycles. The number of hydrogen-bond acceptors (Lipinski definition) is 4. The maximum atomic E-state index is 4.58. The second-order valence-electron chi connectivity index (χ2n) is 5.88. The number of thiazole rings is 1. The lowest BCUT2D eigenvalue weighted by molar-refractivity contribution is 0.798. The summed E-state index contributed by atoms with van der Waals surface area (Å²) < 4.78 is 0. The summed E-state index contributed by atoms with van der Waals surface area (Å²) in [4.78, 5) is 8.16. The summed E-state index contributed by atoms with van der Waals surface area (Å²) in [6, 6.07) is 13.0. The summed E-state index contributed by atoms with van der Waals surface area (Å²) in [5.41, 5.74) is 5.87. The average Bonchev–Trinajstić information content (AvgIpc) is 3.18. The molecule has 0 unspecified atom stereocenters. The van der Waals surface area contributed by atoms with Gasteiger partial charge in [-0.3, -0.25) is 0 Å². The Morgan fingerprint density at radius 3 is 2.92 bits per heavy atom. The highest BCUT2D eigenvalue weighted by Gasteiger charge is 2.08. The fourth-order valence-electron chi connectivity index (χ4n) is 3.11. The maximum absolute atomic E-state index is 4.58. The Kier molecular flexibility index (Phi) is 3.96. The molecule has 2 heterocycles. The first-order valence-electron chi connectivity index (χ1n) is 8.18. The van der Waals surface area contributed by atoms with Gasteiger partial charge in [0.05, 0.1) is 5.69 Å². The monoisotopic (exact) mass is 336 g/mol. The molecule has 5 heteroatoms. The molecule has 0 aliphatic carbocycles. The van der Waals surface area contributed by atoms with Crippen LogP contribution in [-0.2, 0) is 13.0 Å². The molecular formula is C19H20N4S. The molecule has 0 radical (unpaired) electrons. The van der Waals surface area contributed by atoms with Gasteiger partial charge >= 0.3 is 0 Å². The summed E-state index contributed by atoms with van der Waals surface area (Å²) in [6.07, 6.45) is 1.03. The van der Waals surface area contributed by atoms with E-state index < -0.39 is 0 Å². The molecule has 0 amide bonds. The van der Waals surface area contributed by atoms with E-state index in [1.54, 1.807) is 11.3 Å². The first kappa shape index (κ1) is 15.2. The van der Waals surface area contributed by atoms with Crippen molar-refractivity contribution in [3.63, 3.8) is 0 Å². The predicted molar refractivity (Wildman–Crippen MR) is 103 cm³/mol. The van der Waals surface area contributed by atoms with Crippen molar-refractivity contribution in [2.75, 3.05) is 12.4 Å². The van der Waals surface area contributed by atoms with Crippen LogP contribution in [0, 0.1) is 0 Å². The molecule has 0 saturated heterocycles. The number of aromatic nitrogens is 2. The smallest absolute Gasteiger partial charge is 0.187 e. The zero-order chi connectivity index (χ0) is 16.5. The number of nitrogens with zero attached hydrogens (tertiary/aromatic N) is 1. The number of hydrogen-bond donors (Lipinski definition) is 3. The highest BCUT2D eigenvalue weighted by atomic mass is 32.1. The number of anilines is 2. The average molecular weight is 336 g/mol. The van der Waals surface area contributed by atoms with Crippen molar-refractivity contribution >= 4 is 44.0 Å². The van der Waals surface area contributed by atoms with Crippen LogP contribution in [0.3, 0.4) is 0 Å². The zero-order valence-corrected chi connectivity index (χ0v) is 14.6. The Hall–Kier alpha value is -2.37. The number of fused-ring (bicyclic) bond motifs is 3. The van der Waals surface area contributed by atoms with E-state index in [1.807, 2.05) is 7.05 Å². The standard InChI is InChI=1S/C19H20N4S/c1-3-12-5-4-6-16-15-8-7-13(9-17(15)23-18(12)16)21-19-22-14(10-20-2)11-24-19/h4-9,11,20,23H,3,10H2,1-2H3,(H,21,22). The number of H-pyrrole nitrogens is 1. The van der Waals surface area contributed by atoms with Crippen molar-refractivity contribution in [2.45, 2.75) is 19.9 Å². The van der Waals surface area contributed by atoms with Crippen molar-refractivity contribution in [3.8, 4) is 0 Å². The van der Waals surface area contributed by atoms with Crippen LogP contribution in [0.1, 0.15) is 18.2 Å². The molecule has 4 aromatic rings. The van der Waals surface area contributed by atoms with Crippen molar-refractivity contribution in [1.82, 2.24) is 15.3 Å². The highest BCUT2D eigenvalue weighted by Crippen LogP contribution is 2.31. The van der Waals surface area contributed by atoms with E-state index in [9.17, 15) is 0 Å². The minimum atomic E-state index is 0.791. The number of aromatic amines is 1. The van der Waals surface area contributed by atoms with E-state index in [2.05, 4.69) is 69.3 Å². The van der Waals surface area contributed by atoms with E-state index in [0.717, 1.165) is 35.0 Å².